The summed E-state index contributed by atoms with van der Waals surface area (Å²) in [5.41, 5.74) is 1.41. The molecule has 4 bridgehead atoms. The average molecular weight is 408 g/mol. The van der Waals surface area contributed by atoms with Gasteiger partial charge in [-0.3, -0.25) is 9.59 Å². The van der Waals surface area contributed by atoms with Gasteiger partial charge >= 0.3 is 6.03 Å². The summed E-state index contributed by atoms with van der Waals surface area (Å²) >= 11 is 0. The molecule has 7 rings (SSSR count). The van der Waals surface area contributed by atoms with Crippen LogP contribution in [0.2, 0.25) is 0 Å². The summed E-state index contributed by atoms with van der Waals surface area (Å²) < 4.78 is 0. The monoisotopic (exact) mass is 407 g/mol. The fraction of sp³-hybridized carbons (Fsp3) is 0.625. The molecular weight excluding hydrogens is 378 g/mol. The van der Waals surface area contributed by atoms with E-state index in [1.54, 1.807) is 23.1 Å². The Morgan fingerprint density at radius 1 is 1.07 bits per heavy atom. The number of nitrogens with zero attached hydrogens (tertiary/aromatic N) is 2. The molecule has 4 aliphatic carbocycles. The number of urea groups is 1. The molecule has 4 saturated carbocycles. The summed E-state index contributed by atoms with van der Waals surface area (Å²) in [5.74, 6) is 2.40. The molecule has 6 heteroatoms. The van der Waals surface area contributed by atoms with Crippen molar-refractivity contribution < 1.29 is 14.4 Å². The van der Waals surface area contributed by atoms with Crippen molar-refractivity contribution in [2.24, 2.45) is 23.2 Å². The fourth-order valence-corrected chi connectivity index (χ4v) is 7.64. The molecule has 1 aromatic rings. The maximum atomic E-state index is 13.0. The van der Waals surface area contributed by atoms with Gasteiger partial charge < -0.3 is 10.2 Å². The van der Waals surface area contributed by atoms with Crippen molar-refractivity contribution in [3.05, 3.63) is 24.3 Å². The summed E-state index contributed by atoms with van der Waals surface area (Å²) in [5, 5.41) is 3.06. The highest BCUT2D eigenvalue weighted by molar-refractivity contribution is 6.21. The lowest BCUT2D eigenvalue weighted by Gasteiger charge is -2.56. The van der Waals surface area contributed by atoms with Crippen LogP contribution in [0.3, 0.4) is 0 Å². The molecule has 0 spiro atoms. The molecule has 1 atom stereocenters. The van der Waals surface area contributed by atoms with E-state index in [4.69, 9.17) is 0 Å². The van der Waals surface area contributed by atoms with Gasteiger partial charge in [-0.15, -0.1) is 0 Å². The molecule has 4 amide bonds. The van der Waals surface area contributed by atoms with Crippen molar-refractivity contribution in [1.29, 1.82) is 0 Å². The maximum Gasteiger partial charge on any atom is 0.332 e. The highest BCUT2D eigenvalue weighted by atomic mass is 16.2. The minimum atomic E-state index is -0.313. The molecule has 2 aliphatic heterocycles. The molecule has 1 aromatic carbocycles. The number of nitrogens with one attached hydrogen (secondary N) is 1. The Kier molecular flexibility index (Phi) is 4.03. The van der Waals surface area contributed by atoms with E-state index in [-0.39, 0.29) is 29.3 Å². The van der Waals surface area contributed by atoms with E-state index >= 15 is 0 Å². The summed E-state index contributed by atoms with van der Waals surface area (Å²) in [7, 11) is 0. The SMILES string of the molecule is O=C(CC12CC3CC(CC(C3)C1)C2)Nc1cccc(N2C(=O)[C@@H]3CCCN3C2=O)c1. The lowest BCUT2D eigenvalue weighted by molar-refractivity contribution is -0.124. The van der Waals surface area contributed by atoms with E-state index in [0.717, 1.165) is 30.6 Å². The number of carbonyl (C=O) groups is 3. The van der Waals surface area contributed by atoms with Gasteiger partial charge in [-0.1, -0.05) is 6.07 Å². The first kappa shape index (κ1) is 18.4. The molecular formula is C24H29N3O3. The van der Waals surface area contributed by atoms with Crippen molar-refractivity contribution in [3.8, 4) is 0 Å². The van der Waals surface area contributed by atoms with E-state index in [9.17, 15) is 14.4 Å². The van der Waals surface area contributed by atoms with Crippen molar-refractivity contribution >= 4 is 29.2 Å². The third kappa shape index (κ3) is 2.87. The van der Waals surface area contributed by atoms with Crippen molar-refractivity contribution in [1.82, 2.24) is 4.90 Å². The minimum Gasteiger partial charge on any atom is -0.326 e. The Balaban J connectivity index is 1.16. The van der Waals surface area contributed by atoms with Crippen molar-refractivity contribution in [3.63, 3.8) is 0 Å². The Labute approximate surface area is 177 Å². The minimum absolute atomic E-state index is 0.0637. The number of carbonyl (C=O) groups excluding carboxylic acids is 3. The van der Waals surface area contributed by atoms with Crippen LogP contribution in [0, 0.1) is 23.2 Å². The second-order valence-electron chi connectivity index (χ2n) is 10.5. The lowest BCUT2D eigenvalue weighted by Crippen LogP contribution is -2.47. The van der Waals surface area contributed by atoms with E-state index < -0.39 is 0 Å². The quantitative estimate of drug-likeness (QED) is 0.762. The molecule has 2 heterocycles. The number of benzene rings is 1. The third-order valence-electron chi connectivity index (χ3n) is 8.28. The lowest BCUT2D eigenvalue weighted by atomic mass is 9.49. The van der Waals surface area contributed by atoms with E-state index in [1.165, 1.54) is 43.4 Å². The first-order valence-corrected chi connectivity index (χ1v) is 11.5. The van der Waals surface area contributed by atoms with Crippen LogP contribution in [0.4, 0.5) is 16.2 Å². The number of fused-ring (bicyclic) bond motifs is 1. The number of amides is 4. The zero-order valence-electron chi connectivity index (χ0n) is 17.3. The number of imide groups is 1. The molecule has 0 unspecified atom stereocenters. The molecule has 2 saturated heterocycles. The Morgan fingerprint density at radius 3 is 2.43 bits per heavy atom. The fourth-order valence-electron chi connectivity index (χ4n) is 7.64. The number of hydrogen-bond acceptors (Lipinski definition) is 3. The standard InChI is InChI=1S/C24H29N3O3/c28-21(14-24-11-15-7-16(12-24)9-17(8-15)13-24)25-18-3-1-4-19(10-18)27-22(29)20-5-2-6-26(20)23(27)30/h1,3-4,10,15-17,20H,2,5-9,11-14H2,(H,25,28)/t15?,16?,17?,20-,24?/m0/s1. The largest absolute Gasteiger partial charge is 0.332 e. The molecule has 30 heavy (non-hydrogen) atoms. The van der Waals surface area contributed by atoms with Crippen LogP contribution >= 0.6 is 0 Å². The molecule has 1 N–H and O–H groups in total. The zero-order valence-corrected chi connectivity index (χ0v) is 17.3. The predicted molar refractivity (Wildman–Crippen MR) is 113 cm³/mol. The van der Waals surface area contributed by atoms with Gasteiger partial charge in [0.1, 0.15) is 6.04 Å². The van der Waals surface area contributed by atoms with Gasteiger partial charge in [0.25, 0.3) is 5.91 Å². The molecule has 6 aliphatic rings. The summed E-state index contributed by atoms with van der Waals surface area (Å²) in [6.07, 6.45) is 9.97. The number of rotatable bonds is 4. The van der Waals surface area contributed by atoms with Crippen LogP contribution in [-0.2, 0) is 9.59 Å². The summed E-state index contributed by atoms with van der Waals surface area (Å²) in [6.45, 7) is 0.646. The Hall–Kier alpha value is -2.37. The highest BCUT2D eigenvalue weighted by Crippen LogP contribution is 2.61. The van der Waals surface area contributed by atoms with Crippen molar-refractivity contribution in [2.75, 3.05) is 16.8 Å². The smallest absolute Gasteiger partial charge is 0.326 e. The highest BCUT2D eigenvalue weighted by Gasteiger charge is 2.51. The topological polar surface area (TPSA) is 69.7 Å². The zero-order chi connectivity index (χ0) is 20.5. The second-order valence-corrected chi connectivity index (χ2v) is 10.5. The van der Waals surface area contributed by atoms with Gasteiger partial charge in [-0.2, -0.15) is 0 Å². The molecule has 0 radical (unpaired) electrons. The van der Waals surface area contributed by atoms with E-state index in [0.29, 0.717) is 24.3 Å². The van der Waals surface area contributed by atoms with Gasteiger partial charge in [-0.25, -0.2) is 9.69 Å². The van der Waals surface area contributed by atoms with E-state index in [1.807, 2.05) is 6.07 Å². The molecule has 6 nitrogen and oxygen atoms in total. The normalized spacial score (nSPS) is 36.5. The predicted octanol–water partition coefficient (Wildman–Crippen LogP) is 4.16. The van der Waals surface area contributed by atoms with Crippen LogP contribution in [0.15, 0.2) is 24.3 Å². The van der Waals surface area contributed by atoms with Crippen molar-refractivity contribution in [2.45, 2.75) is 63.8 Å². The van der Waals surface area contributed by atoms with E-state index in [2.05, 4.69) is 5.32 Å². The molecule has 0 aromatic heterocycles. The molecule has 158 valence electrons. The number of anilines is 2. The van der Waals surface area contributed by atoms with Crippen LogP contribution in [-0.4, -0.2) is 35.3 Å². The number of hydrogen-bond donors (Lipinski definition) is 1. The van der Waals surface area contributed by atoms with Crippen LogP contribution in [0.5, 0.6) is 0 Å². The first-order valence-electron chi connectivity index (χ1n) is 11.5. The van der Waals surface area contributed by atoms with Gasteiger partial charge in [0, 0.05) is 18.7 Å². The Morgan fingerprint density at radius 2 is 1.77 bits per heavy atom. The third-order valence-corrected chi connectivity index (χ3v) is 8.28. The first-order chi connectivity index (χ1) is 14.5. The van der Waals surface area contributed by atoms with Crippen LogP contribution in [0.25, 0.3) is 0 Å². The Bertz CT molecular complexity index is 869. The maximum absolute atomic E-state index is 13.0. The van der Waals surface area contributed by atoms with Gasteiger partial charge in [0.05, 0.1) is 5.69 Å². The summed E-state index contributed by atoms with van der Waals surface area (Å²) in [6, 6.07) is 6.63. The van der Waals surface area contributed by atoms with Crippen LogP contribution < -0.4 is 10.2 Å². The molecule has 6 fully saturated rings. The van der Waals surface area contributed by atoms with Gasteiger partial charge in [-0.05, 0) is 92.7 Å². The average Bonchev–Trinajstić information content (AvgIpc) is 3.24. The second kappa shape index (κ2) is 6.56. The van der Waals surface area contributed by atoms with Crippen LogP contribution in [0.1, 0.15) is 57.8 Å². The summed E-state index contributed by atoms with van der Waals surface area (Å²) in [4.78, 5) is 41.3. The van der Waals surface area contributed by atoms with Gasteiger partial charge in [0.2, 0.25) is 5.91 Å². The van der Waals surface area contributed by atoms with Gasteiger partial charge in [0.15, 0.2) is 0 Å².